The molecule has 280 valence electrons. The van der Waals surface area contributed by atoms with Crippen LogP contribution in [0.15, 0.2) is 121 Å². The zero-order chi connectivity index (χ0) is 37.6. The van der Waals surface area contributed by atoms with Gasteiger partial charge in [-0.15, -0.1) is 59.4 Å². The van der Waals surface area contributed by atoms with Gasteiger partial charge in [-0.1, -0.05) is 80.4 Å². The van der Waals surface area contributed by atoms with Crippen LogP contribution in [0, 0.1) is 39.6 Å². The van der Waals surface area contributed by atoms with E-state index in [0.717, 1.165) is 44.7 Å². The second-order valence-corrected chi connectivity index (χ2v) is 16.7. The number of hydrogen-bond donors (Lipinski definition) is 0. The summed E-state index contributed by atoms with van der Waals surface area (Å²) in [5, 5.41) is 4.75. The van der Waals surface area contributed by atoms with Crippen LogP contribution in [0.2, 0.25) is 0 Å². The van der Waals surface area contributed by atoms with Gasteiger partial charge >= 0.3 is 0 Å². The molecule has 0 spiro atoms. The molecule has 0 saturated heterocycles. The summed E-state index contributed by atoms with van der Waals surface area (Å²) in [6, 6.07) is 48.0. The molecule has 0 atom stereocenters. The number of aryl methyl sites for hydroxylation is 3. The minimum atomic E-state index is -0.0399. The summed E-state index contributed by atoms with van der Waals surface area (Å²) in [5.74, 6) is 2.09. The van der Waals surface area contributed by atoms with E-state index >= 15 is 0 Å². The van der Waals surface area contributed by atoms with E-state index in [1.807, 2.05) is 35.7 Å². The molecule has 0 saturated carbocycles. The van der Waals surface area contributed by atoms with E-state index in [1.165, 1.54) is 48.1 Å². The Balaban J connectivity index is 0.00000410. The van der Waals surface area contributed by atoms with Gasteiger partial charge in [-0.25, -0.2) is 4.98 Å². The van der Waals surface area contributed by atoms with Gasteiger partial charge in [0.1, 0.15) is 5.82 Å². The second kappa shape index (κ2) is 13.7. The molecule has 0 aliphatic carbocycles. The summed E-state index contributed by atoms with van der Waals surface area (Å²) in [7, 11) is 0. The van der Waals surface area contributed by atoms with E-state index in [4.69, 9.17) is 9.72 Å². The van der Waals surface area contributed by atoms with Crippen LogP contribution in [0.3, 0.4) is 0 Å². The maximum Gasteiger partial charge on any atom is 0.135 e. The SMILES string of the molecule is Cc1cc(C)c(N2[CH-]N(c3[c-]c(Oc4[c-]c5c(cc4)c4ccc6sc7ccccc7c6c4n5-c4cc(C(C)(C)C)ccn4)ccc3)c3ccccc32)c(C)c1.[Pt]. The predicted octanol–water partition coefficient (Wildman–Crippen LogP) is 13.6. The van der Waals surface area contributed by atoms with Crippen LogP contribution in [0.4, 0.5) is 22.7 Å². The largest absolute Gasteiger partial charge is 0.509 e. The Morgan fingerprint density at radius 1 is 0.679 bits per heavy atom. The molecule has 56 heavy (non-hydrogen) atoms. The Bertz CT molecular complexity index is 2970. The normalized spacial score (nSPS) is 12.9. The van der Waals surface area contributed by atoms with Gasteiger partial charge in [-0.3, -0.25) is 0 Å². The number of para-hydroxylation sites is 2. The second-order valence-electron chi connectivity index (χ2n) is 15.6. The molecular formula is C49H39N4OPtS-3. The first-order chi connectivity index (χ1) is 26.6. The van der Waals surface area contributed by atoms with Crippen molar-refractivity contribution >= 4 is 76.1 Å². The van der Waals surface area contributed by atoms with Gasteiger partial charge in [-0.2, -0.15) is 12.1 Å². The first-order valence-corrected chi connectivity index (χ1v) is 19.5. The van der Waals surface area contributed by atoms with E-state index in [1.54, 1.807) is 0 Å². The first kappa shape index (κ1) is 36.2. The third-order valence-electron chi connectivity index (χ3n) is 10.7. The zero-order valence-corrected chi connectivity index (χ0v) is 35.1. The quantitative estimate of drug-likeness (QED) is 0.161. The molecule has 7 heteroatoms. The van der Waals surface area contributed by atoms with E-state index < -0.39 is 0 Å². The molecule has 1 aliphatic heterocycles. The number of pyridine rings is 1. The number of ether oxygens (including phenoxy) is 1. The molecule has 0 unspecified atom stereocenters. The standard InChI is InChI=1S/C49H39N4OS.Pt/c1-30-24-31(2)47(32(3)25-30)52-29-51(40-15-8-9-16-41(40)52)34-12-11-13-35(27-34)54-36-18-19-37-38-20-21-44-46(39-14-7-10-17-43(39)55-44)48(38)53(42(37)28-36)45-26-33(22-23-50-45)49(4,5)6;/h7-26,29H,1-6H3;/q-3;. The fourth-order valence-electron chi connectivity index (χ4n) is 8.30. The maximum absolute atomic E-state index is 6.65. The summed E-state index contributed by atoms with van der Waals surface area (Å²) in [5.41, 5.74) is 11.3. The molecule has 5 nitrogen and oxygen atoms in total. The molecule has 0 N–H and O–H groups in total. The molecule has 3 aromatic heterocycles. The van der Waals surface area contributed by atoms with Crippen molar-refractivity contribution in [2.75, 3.05) is 9.80 Å². The average Bonchev–Trinajstić information content (AvgIpc) is 3.84. The molecule has 6 aromatic carbocycles. The fourth-order valence-corrected chi connectivity index (χ4v) is 9.41. The molecule has 0 radical (unpaired) electrons. The average molecular weight is 927 g/mol. The van der Waals surface area contributed by atoms with Crippen molar-refractivity contribution in [1.82, 2.24) is 9.55 Å². The van der Waals surface area contributed by atoms with E-state index in [2.05, 4.69) is 172 Å². The third kappa shape index (κ3) is 5.90. The summed E-state index contributed by atoms with van der Waals surface area (Å²) in [4.78, 5) is 9.46. The van der Waals surface area contributed by atoms with Gasteiger partial charge in [0.15, 0.2) is 0 Å². The molecule has 10 rings (SSSR count). The van der Waals surface area contributed by atoms with Gasteiger partial charge in [0.05, 0.1) is 5.52 Å². The molecule has 9 aromatic rings. The van der Waals surface area contributed by atoms with Crippen molar-refractivity contribution in [3.63, 3.8) is 0 Å². The van der Waals surface area contributed by atoms with E-state index in [0.29, 0.717) is 11.5 Å². The summed E-state index contributed by atoms with van der Waals surface area (Å²) in [6.07, 6.45) is 1.93. The van der Waals surface area contributed by atoms with Crippen LogP contribution in [-0.2, 0) is 26.5 Å². The minimum absolute atomic E-state index is 0. The van der Waals surface area contributed by atoms with Crippen molar-refractivity contribution in [1.29, 1.82) is 0 Å². The van der Waals surface area contributed by atoms with Gasteiger partial charge in [-0.05, 0) is 84.7 Å². The topological polar surface area (TPSA) is 33.5 Å². The summed E-state index contributed by atoms with van der Waals surface area (Å²) >= 11 is 1.83. The Morgan fingerprint density at radius 3 is 2.18 bits per heavy atom. The zero-order valence-electron chi connectivity index (χ0n) is 32.0. The van der Waals surface area contributed by atoms with Crippen molar-refractivity contribution in [2.24, 2.45) is 0 Å². The van der Waals surface area contributed by atoms with E-state index in [9.17, 15) is 0 Å². The van der Waals surface area contributed by atoms with Gasteiger partial charge in [0, 0.05) is 76.0 Å². The minimum Gasteiger partial charge on any atom is -0.509 e. The van der Waals surface area contributed by atoms with Gasteiger partial charge in [0.25, 0.3) is 0 Å². The van der Waals surface area contributed by atoms with Crippen LogP contribution in [0.5, 0.6) is 11.5 Å². The van der Waals surface area contributed by atoms with Crippen molar-refractivity contribution in [3.8, 4) is 17.3 Å². The van der Waals surface area contributed by atoms with Crippen LogP contribution in [0.1, 0.15) is 43.0 Å². The van der Waals surface area contributed by atoms with Gasteiger partial charge in [0.2, 0.25) is 0 Å². The maximum atomic E-state index is 6.65. The predicted molar refractivity (Wildman–Crippen MR) is 230 cm³/mol. The Hall–Kier alpha value is -5.42. The number of thiophene rings is 1. The Labute approximate surface area is 346 Å². The van der Waals surface area contributed by atoms with Crippen molar-refractivity contribution < 1.29 is 25.8 Å². The number of hydrogen-bond acceptors (Lipinski definition) is 5. The van der Waals surface area contributed by atoms with Crippen LogP contribution < -0.4 is 14.5 Å². The molecule has 0 bridgehead atoms. The fraction of sp³-hybridized carbons (Fsp3) is 0.143. The molecule has 4 heterocycles. The smallest absolute Gasteiger partial charge is 0.135 e. The monoisotopic (exact) mass is 926 g/mol. The summed E-state index contributed by atoms with van der Waals surface area (Å²) in [6.45, 7) is 15.4. The molecule has 1 aliphatic rings. The van der Waals surface area contributed by atoms with Crippen molar-refractivity contribution in [3.05, 3.63) is 163 Å². The molecule has 0 fully saturated rings. The number of benzene rings is 6. The Morgan fingerprint density at radius 2 is 1.39 bits per heavy atom. The summed E-state index contributed by atoms with van der Waals surface area (Å²) < 4.78 is 11.5. The van der Waals surface area contributed by atoms with Crippen LogP contribution in [-0.4, -0.2) is 9.55 Å². The number of nitrogens with zero attached hydrogens (tertiary/aromatic N) is 4. The van der Waals surface area contributed by atoms with Crippen molar-refractivity contribution in [2.45, 2.75) is 47.0 Å². The van der Waals surface area contributed by atoms with Crippen LogP contribution in [0.25, 0.3) is 47.8 Å². The van der Waals surface area contributed by atoms with Gasteiger partial charge < -0.3 is 19.1 Å². The van der Waals surface area contributed by atoms with Crippen LogP contribution >= 0.6 is 11.3 Å². The molecule has 0 amide bonds. The third-order valence-corrected chi connectivity index (χ3v) is 11.9. The Kier molecular flexibility index (Phi) is 8.83. The number of aromatic nitrogens is 2. The first-order valence-electron chi connectivity index (χ1n) is 18.7. The number of rotatable bonds is 5. The number of fused-ring (bicyclic) bond motifs is 8. The van der Waals surface area contributed by atoms with E-state index in [-0.39, 0.29) is 26.5 Å². The molecular weight excluding hydrogens is 888 g/mol. The number of anilines is 4.